The van der Waals surface area contributed by atoms with Crippen molar-refractivity contribution in [1.29, 1.82) is 0 Å². The van der Waals surface area contributed by atoms with Crippen LogP contribution >= 0.6 is 23.2 Å². The third-order valence-electron chi connectivity index (χ3n) is 3.07. The first-order valence-corrected chi connectivity index (χ1v) is 7.10. The third kappa shape index (κ3) is 4.23. The van der Waals surface area contributed by atoms with Gasteiger partial charge in [0, 0.05) is 6.54 Å². The van der Waals surface area contributed by atoms with Gasteiger partial charge >= 0.3 is 12.0 Å². The molecule has 2 atom stereocenters. The molecule has 1 saturated heterocycles. The first-order chi connectivity index (χ1) is 9.97. The van der Waals surface area contributed by atoms with Crippen molar-refractivity contribution in [2.75, 3.05) is 11.9 Å². The summed E-state index contributed by atoms with van der Waals surface area (Å²) in [5.74, 6) is -0.979. The number of benzene rings is 1. The molecule has 0 radical (unpaired) electrons. The lowest BCUT2D eigenvalue weighted by Crippen LogP contribution is -2.36. The van der Waals surface area contributed by atoms with E-state index in [-0.39, 0.29) is 17.7 Å². The minimum Gasteiger partial charge on any atom is -0.479 e. The predicted molar refractivity (Wildman–Crippen MR) is 79.0 cm³/mol. The standard InChI is InChI=1S/C13H14Cl2N2O4/c14-8-2-1-3-9(11(8)15)17-13(20)16-6-7-4-5-10(21-7)12(18)19/h1-3,7,10H,4-6H2,(H,18,19)(H2,16,17,20). The number of anilines is 1. The number of hydrogen-bond donors (Lipinski definition) is 3. The van der Waals surface area contributed by atoms with Gasteiger partial charge in [-0.1, -0.05) is 29.3 Å². The predicted octanol–water partition coefficient (Wildman–Crippen LogP) is 2.75. The molecule has 1 aliphatic heterocycles. The smallest absolute Gasteiger partial charge is 0.332 e. The second kappa shape index (κ2) is 6.98. The molecule has 0 spiro atoms. The Hall–Kier alpha value is -1.50. The summed E-state index contributed by atoms with van der Waals surface area (Å²) in [6, 6.07) is 4.45. The molecule has 1 aromatic rings. The second-order valence-corrected chi connectivity index (χ2v) is 5.38. The summed E-state index contributed by atoms with van der Waals surface area (Å²) in [4.78, 5) is 22.5. The molecular weight excluding hydrogens is 319 g/mol. The van der Waals surface area contributed by atoms with Crippen LogP contribution in [0.25, 0.3) is 0 Å². The molecule has 6 nitrogen and oxygen atoms in total. The number of rotatable bonds is 4. The molecule has 1 fully saturated rings. The molecule has 0 aromatic heterocycles. The molecule has 0 bridgehead atoms. The van der Waals surface area contributed by atoms with Gasteiger partial charge in [-0.2, -0.15) is 0 Å². The van der Waals surface area contributed by atoms with E-state index in [1.54, 1.807) is 18.2 Å². The Balaban J connectivity index is 1.80. The Morgan fingerprint density at radius 1 is 1.33 bits per heavy atom. The Morgan fingerprint density at radius 3 is 2.76 bits per heavy atom. The maximum atomic E-state index is 11.8. The summed E-state index contributed by atoms with van der Waals surface area (Å²) < 4.78 is 5.28. The molecular formula is C13H14Cl2N2O4. The largest absolute Gasteiger partial charge is 0.479 e. The normalized spacial score (nSPS) is 21.0. The third-order valence-corrected chi connectivity index (χ3v) is 3.89. The van der Waals surface area contributed by atoms with Crippen LogP contribution in [0.15, 0.2) is 18.2 Å². The number of nitrogens with one attached hydrogen (secondary N) is 2. The van der Waals surface area contributed by atoms with E-state index in [1.165, 1.54) is 0 Å². The van der Waals surface area contributed by atoms with Gasteiger partial charge in [-0.25, -0.2) is 9.59 Å². The highest BCUT2D eigenvalue weighted by Crippen LogP contribution is 2.29. The fourth-order valence-corrected chi connectivity index (χ4v) is 2.36. The van der Waals surface area contributed by atoms with Gasteiger partial charge in [0.15, 0.2) is 6.10 Å². The van der Waals surface area contributed by atoms with Crippen LogP contribution in [0.5, 0.6) is 0 Å². The fourth-order valence-electron chi connectivity index (χ4n) is 2.01. The highest BCUT2D eigenvalue weighted by atomic mass is 35.5. The zero-order chi connectivity index (χ0) is 15.4. The van der Waals surface area contributed by atoms with Gasteiger partial charge in [0.05, 0.1) is 21.8 Å². The zero-order valence-corrected chi connectivity index (χ0v) is 12.4. The second-order valence-electron chi connectivity index (χ2n) is 4.60. The lowest BCUT2D eigenvalue weighted by molar-refractivity contribution is -0.149. The number of halogens is 2. The molecule has 8 heteroatoms. The van der Waals surface area contributed by atoms with E-state index in [0.29, 0.717) is 23.6 Å². The molecule has 21 heavy (non-hydrogen) atoms. The number of amides is 2. The molecule has 2 rings (SSSR count). The van der Waals surface area contributed by atoms with Crippen molar-refractivity contribution in [3.63, 3.8) is 0 Å². The summed E-state index contributed by atoms with van der Waals surface area (Å²) >= 11 is 11.8. The van der Waals surface area contributed by atoms with Crippen molar-refractivity contribution in [1.82, 2.24) is 5.32 Å². The number of urea groups is 1. The first kappa shape index (κ1) is 15.9. The maximum Gasteiger partial charge on any atom is 0.332 e. The van der Waals surface area contributed by atoms with Crippen molar-refractivity contribution in [3.05, 3.63) is 28.2 Å². The van der Waals surface area contributed by atoms with Gasteiger partial charge in [-0.3, -0.25) is 0 Å². The minimum absolute atomic E-state index is 0.230. The van der Waals surface area contributed by atoms with Crippen LogP contribution in [0.4, 0.5) is 10.5 Å². The van der Waals surface area contributed by atoms with E-state index >= 15 is 0 Å². The quantitative estimate of drug-likeness (QED) is 0.791. The fraction of sp³-hybridized carbons (Fsp3) is 0.385. The number of hydrogen-bond acceptors (Lipinski definition) is 3. The molecule has 0 saturated carbocycles. The Kier molecular flexibility index (Phi) is 5.27. The Bertz CT molecular complexity index is 553. The van der Waals surface area contributed by atoms with Crippen LogP contribution < -0.4 is 10.6 Å². The molecule has 1 aromatic carbocycles. The number of carbonyl (C=O) groups is 2. The van der Waals surface area contributed by atoms with Crippen LogP contribution in [0, 0.1) is 0 Å². The minimum atomic E-state index is -0.979. The Labute approximate surface area is 131 Å². The van der Waals surface area contributed by atoms with Crippen LogP contribution in [0.1, 0.15) is 12.8 Å². The molecule has 1 aliphatic rings. The average molecular weight is 333 g/mol. The monoisotopic (exact) mass is 332 g/mol. The summed E-state index contributed by atoms with van der Waals surface area (Å²) in [5.41, 5.74) is 0.400. The summed E-state index contributed by atoms with van der Waals surface area (Å²) in [6.45, 7) is 0.230. The van der Waals surface area contributed by atoms with Crippen molar-refractivity contribution in [3.8, 4) is 0 Å². The van der Waals surface area contributed by atoms with Crippen LogP contribution in [-0.2, 0) is 9.53 Å². The van der Waals surface area contributed by atoms with Gasteiger partial charge in [0.2, 0.25) is 0 Å². The molecule has 2 amide bonds. The van der Waals surface area contributed by atoms with Crippen LogP contribution in [0.3, 0.4) is 0 Å². The Morgan fingerprint density at radius 2 is 2.10 bits per heavy atom. The van der Waals surface area contributed by atoms with E-state index < -0.39 is 18.1 Å². The number of carboxylic acid groups (broad SMARTS) is 1. The van der Waals surface area contributed by atoms with Gasteiger partial charge in [-0.15, -0.1) is 0 Å². The topological polar surface area (TPSA) is 87.7 Å². The van der Waals surface area contributed by atoms with E-state index in [9.17, 15) is 9.59 Å². The first-order valence-electron chi connectivity index (χ1n) is 6.34. The van der Waals surface area contributed by atoms with Crippen LogP contribution in [0.2, 0.25) is 10.0 Å². The highest BCUT2D eigenvalue weighted by molar-refractivity contribution is 6.43. The molecule has 1 heterocycles. The molecule has 2 unspecified atom stereocenters. The maximum absolute atomic E-state index is 11.8. The molecule has 3 N–H and O–H groups in total. The highest BCUT2D eigenvalue weighted by Gasteiger charge is 2.30. The van der Waals surface area contributed by atoms with Crippen molar-refractivity contribution < 1.29 is 19.4 Å². The van der Waals surface area contributed by atoms with Gasteiger partial charge in [-0.05, 0) is 25.0 Å². The number of aliphatic carboxylic acids is 1. The van der Waals surface area contributed by atoms with Crippen molar-refractivity contribution >= 4 is 40.9 Å². The number of carboxylic acids is 1. The van der Waals surface area contributed by atoms with Gasteiger partial charge < -0.3 is 20.5 Å². The SMILES string of the molecule is O=C(NCC1CCC(C(=O)O)O1)Nc1cccc(Cl)c1Cl. The lowest BCUT2D eigenvalue weighted by Gasteiger charge is -2.13. The van der Waals surface area contributed by atoms with E-state index in [4.69, 9.17) is 33.0 Å². The number of carbonyl (C=O) groups excluding carboxylic acids is 1. The van der Waals surface area contributed by atoms with Gasteiger partial charge in [0.1, 0.15) is 0 Å². The van der Waals surface area contributed by atoms with E-state index in [2.05, 4.69) is 10.6 Å². The van der Waals surface area contributed by atoms with Crippen molar-refractivity contribution in [2.45, 2.75) is 25.0 Å². The average Bonchev–Trinajstić information content (AvgIpc) is 2.91. The number of ether oxygens (including phenoxy) is 1. The molecule has 114 valence electrons. The van der Waals surface area contributed by atoms with E-state index in [1.807, 2.05) is 0 Å². The zero-order valence-electron chi connectivity index (χ0n) is 10.9. The lowest BCUT2D eigenvalue weighted by atomic mass is 10.2. The van der Waals surface area contributed by atoms with Crippen LogP contribution in [-0.4, -0.2) is 35.9 Å². The van der Waals surface area contributed by atoms with Crippen molar-refractivity contribution in [2.24, 2.45) is 0 Å². The summed E-state index contributed by atoms with van der Waals surface area (Å²) in [7, 11) is 0. The molecule has 0 aliphatic carbocycles. The summed E-state index contributed by atoms with van der Waals surface area (Å²) in [6.07, 6.45) is -0.0487. The summed E-state index contributed by atoms with van der Waals surface area (Å²) in [5, 5.41) is 14.6. The van der Waals surface area contributed by atoms with Gasteiger partial charge in [0.25, 0.3) is 0 Å². The van der Waals surface area contributed by atoms with E-state index in [0.717, 1.165) is 0 Å².